The normalized spacial score (nSPS) is 16.0. The third kappa shape index (κ3) is 8.28. The number of nitrogens with zero attached hydrogens (tertiary/aromatic N) is 2. The second-order valence-electron chi connectivity index (χ2n) is 9.72. The summed E-state index contributed by atoms with van der Waals surface area (Å²) in [4.78, 5) is 20.7. The first-order valence-corrected chi connectivity index (χ1v) is 13.5. The van der Waals surface area contributed by atoms with E-state index in [9.17, 15) is 13.2 Å². The average molecular weight is 520 g/mol. The topological polar surface area (TPSA) is 97.4 Å². The summed E-state index contributed by atoms with van der Waals surface area (Å²) in [6.45, 7) is 8.45. The quantitative estimate of drug-likeness (QED) is 0.456. The zero-order chi connectivity index (χ0) is 26.2. The van der Waals surface area contributed by atoms with Crippen molar-refractivity contribution in [3.05, 3.63) is 60.2 Å². The summed E-state index contributed by atoms with van der Waals surface area (Å²) in [6, 6.07) is 15.0. The molecule has 10 heteroatoms. The first kappa shape index (κ1) is 28.1. The van der Waals surface area contributed by atoms with Crippen LogP contribution in [0, 0.1) is 0 Å². The molecular weight excluding hydrogens is 482 g/mol. The number of nitrogens with one attached hydrogen (secondary N) is 1. The van der Waals surface area contributed by atoms with E-state index < -0.39 is 21.7 Å². The monoisotopic (exact) mass is 519 g/mol. The number of morpholine rings is 1. The van der Waals surface area contributed by atoms with Gasteiger partial charge in [0.1, 0.15) is 5.75 Å². The van der Waals surface area contributed by atoms with Gasteiger partial charge >= 0.3 is 0 Å². The molecule has 1 aliphatic rings. The summed E-state index contributed by atoms with van der Waals surface area (Å²) in [5.74, 6) is 0.179. The lowest BCUT2D eigenvalue weighted by Crippen LogP contribution is -2.51. The molecule has 0 saturated carbocycles. The van der Waals surface area contributed by atoms with Crippen molar-refractivity contribution < 1.29 is 27.5 Å². The minimum Gasteiger partial charge on any atom is -0.497 e. The van der Waals surface area contributed by atoms with Gasteiger partial charge in [0, 0.05) is 38.6 Å². The Morgan fingerprint density at radius 1 is 1.08 bits per heavy atom. The van der Waals surface area contributed by atoms with E-state index in [4.69, 9.17) is 14.3 Å². The minimum absolute atomic E-state index is 0.0599. The highest BCUT2D eigenvalue weighted by atomic mass is 32.2. The fraction of sp³-hybridized carbons (Fsp3) is 0.500. The Labute approximate surface area is 214 Å². The van der Waals surface area contributed by atoms with E-state index in [1.54, 1.807) is 12.1 Å². The van der Waals surface area contributed by atoms with E-state index in [0.717, 1.165) is 5.56 Å². The van der Waals surface area contributed by atoms with Gasteiger partial charge in [-0.2, -0.15) is 4.31 Å². The third-order valence-corrected chi connectivity index (χ3v) is 7.63. The number of rotatable bonds is 11. The number of carbonyl (C=O) groups excluding carboxylic acids is 1. The molecule has 1 amide bonds. The molecule has 0 spiro atoms. The Balaban J connectivity index is 1.96. The summed E-state index contributed by atoms with van der Waals surface area (Å²) < 4.78 is 40.1. The smallest absolute Gasteiger partial charge is 0.245 e. The third-order valence-electron chi connectivity index (χ3n) is 5.72. The lowest BCUT2D eigenvalue weighted by Gasteiger charge is -2.36. The Morgan fingerprint density at radius 2 is 1.72 bits per heavy atom. The molecule has 2 aromatic rings. The number of ether oxygens (including phenoxy) is 2. The van der Waals surface area contributed by atoms with Crippen molar-refractivity contribution in [2.45, 2.75) is 50.3 Å². The van der Waals surface area contributed by atoms with Gasteiger partial charge in [-0.05, 0) is 50.6 Å². The van der Waals surface area contributed by atoms with Crippen molar-refractivity contribution in [1.82, 2.24) is 14.7 Å². The molecule has 198 valence electrons. The highest BCUT2D eigenvalue weighted by Gasteiger charge is 2.35. The lowest BCUT2D eigenvalue weighted by atomic mass is 10.1. The molecule has 9 nitrogen and oxygen atoms in total. The van der Waals surface area contributed by atoms with E-state index in [1.165, 1.54) is 23.5 Å². The number of hydroxylamine groups is 1. The van der Waals surface area contributed by atoms with E-state index in [0.29, 0.717) is 38.6 Å². The van der Waals surface area contributed by atoms with Gasteiger partial charge < -0.3 is 9.47 Å². The molecule has 0 aliphatic carbocycles. The van der Waals surface area contributed by atoms with Crippen LogP contribution in [0.3, 0.4) is 0 Å². The number of amides is 1. The standard InChI is InChI=1S/C26H37N3O6S/c1-26(2,3)35-27-25(30)18-22(20-28-14-16-34-17-15-28)29(19-21-8-6-5-7-9-21)36(31,32)24-12-10-23(33-4)11-13-24/h5-13,22H,14-20H2,1-4H3,(H,27,30). The van der Waals surface area contributed by atoms with Crippen LogP contribution in [-0.2, 0) is 30.9 Å². The molecule has 36 heavy (non-hydrogen) atoms. The molecule has 1 atom stereocenters. The summed E-state index contributed by atoms with van der Waals surface area (Å²) in [5.41, 5.74) is 2.75. The summed E-state index contributed by atoms with van der Waals surface area (Å²) in [5, 5.41) is 0. The maximum Gasteiger partial charge on any atom is 0.245 e. The maximum absolute atomic E-state index is 14.0. The molecule has 1 heterocycles. The minimum atomic E-state index is -3.96. The average Bonchev–Trinajstić information content (AvgIpc) is 2.86. The molecular formula is C26H37N3O6S. The van der Waals surface area contributed by atoms with Crippen LogP contribution in [0.5, 0.6) is 5.75 Å². The van der Waals surface area contributed by atoms with Gasteiger partial charge in [0.05, 0.1) is 30.8 Å². The number of benzene rings is 2. The molecule has 1 unspecified atom stereocenters. The summed E-state index contributed by atoms with van der Waals surface area (Å²) in [6.07, 6.45) is -0.0599. The van der Waals surface area contributed by atoms with E-state index in [1.807, 2.05) is 51.1 Å². The van der Waals surface area contributed by atoms with Crippen LogP contribution in [-0.4, -0.2) is 75.1 Å². The number of carbonyl (C=O) groups is 1. The SMILES string of the molecule is COc1ccc(S(=O)(=O)N(Cc2ccccc2)C(CC(=O)NOC(C)(C)C)CN2CCOCC2)cc1. The summed E-state index contributed by atoms with van der Waals surface area (Å²) >= 11 is 0. The van der Waals surface area contributed by atoms with Gasteiger partial charge in [0.25, 0.3) is 0 Å². The highest BCUT2D eigenvalue weighted by Crippen LogP contribution is 2.25. The molecule has 1 N–H and O–H groups in total. The van der Waals surface area contributed by atoms with Gasteiger partial charge in [-0.15, -0.1) is 0 Å². The Bertz CT molecular complexity index is 1070. The first-order chi connectivity index (χ1) is 17.1. The second kappa shape index (κ2) is 12.6. The summed E-state index contributed by atoms with van der Waals surface area (Å²) in [7, 11) is -2.43. The van der Waals surface area contributed by atoms with Gasteiger partial charge in [-0.1, -0.05) is 30.3 Å². The van der Waals surface area contributed by atoms with Crippen LogP contribution in [0.2, 0.25) is 0 Å². The van der Waals surface area contributed by atoms with Gasteiger partial charge in [-0.25, -0.2) is 13.9 Å². The van der Waals surface area contributed by atoms with Crippen LogP contribution in [0.4, 0.5) is 0 Å². The van der Waals surface area contributed by atoms with Crippen LogP contribution < -0.4 is 10.2 Å². The van der Waals surface area contributed by atoms with Crippen molar-refractivity contribution in [2.75, 3.05) is 40.0 Å². The number of hydrogen-bond acceptors (Lipinski definition) is 7. The fourth-order valence-electron chi connectivity index (χ4n) is 3.86. The molecule has 1 aliphatic heterocycles. The van der Waals surface area contributed by atoms with Gasteiger partial charge in [-0.3, -0.25) is 14.5 Å². The zero-order valence-electron chi connectivity index (χ0n) is 21.5. The largest absolute Gasteiger partial charge is 0.497 e. The molecule has 3 rings (SSSR count). The highest BCUT2D eigenvalue weighted by molar-refractivity contribution is 7.89. The number of sulfonamides is 1. The van der Waals surface area contributed by atoms with Crippen molar-refractivity contribution in [3.8, 4) is 5.75 Å². The van der Waals surface area contributed by atoms with Crippen LogP contribution in [0.15, 0.2) is 59.5 Å². The fourth-order valence-corrected chi connectivity index (χ4v) is 5.47. The molecule has 0 aromatic heterocycles. The number of methoxy groups -OCH3 is 1. The Hall–Kier alpha value is -2.50. The van der Waals surface area contributed by atoms with Crippen molar-refractivity contribution in [2.24, 2.45) is 0 Å². The Morgan fingerprint density at radius 3 is 2.31 bits per heavy atom. The van der Waals surface area contributed by atoms with E-state index >= 15 is 0 Å². The zero-order valence-corrected chi connectivity index (χ0v) is 22.3. The van der Waals surface area contributed by atoms with Gasteiger partial charge in [0.2, 0.25) is 15.9 Å². The van der Waals surface area contributed by atoms with Crippen LogP contribution in [0.25, 0.3) is 0 Å². The predicted octanol–water partition coefficient (Wildman–Crippen LogP) is 2.82. The molecule has 1 saturated heterocycles. The molecule has 0 radical (unpaired) electrons. The van der Waals surface area contributed by atoms with Crippen LogP contribution in [0.1, 0.15) is 32.8 Å². The Kier molecular flexibility index (Phi) is 9.86. The van der Waals surface area contributed by atoms with Crippen LogP contribution >= 0.6 is 0 Å². The maximum atomic E-state index is 14.0. The van der Waals surface area contributed by atoms with Crippen molar-refractivity contribution in [3.63, 3.8) is 0 Å². The van der Waals surface area contributed by atoms with Crippen molar-refractivity contribution in [1.29, 1.82) is 0 Å². The first-order valence-electron chi connectivity index (χ1n) is 12.1. The van der Waals surface area contributed by atoms with Gasteiger partial charge in [0.15, 0.2) is 0 Å². The molecule has 1 fully saturated rings. The van der Waals surface area contributed by atoms with E-state index in [2.05, 4.69) is 10.4 Å². The van der Waals surface area contributed by atoms with E-state index in [-0.39, 0.29) is 23.8 Å². The molecule has 0 bridgehead atoms. The number of hydrogen-bond donors (Lipinski definition) is 1. The predicted molar refractivity (Wildman–Crippen MR) is 137 cm³/mol. The lowest BCUT2D eigenvalue weighted by molar-refractivity contribution is -0.146. The second-order valence-corrected chi connectivity index (χ2v) is 11.6. The molecule has 2 aromatic carbocycles. The van der Waals surface area contributed by atoms with Crippen molar-refractivity contribution >= 4 is 15.9 Å².